The average molecular weight is 256 g/mol. The summed E-state index contributed by atoms with van der Waals surface area (Å²) in [6.45, 7) is 0. The Kier molecular flexibility index (Phi) is 2.66. The molecule has 1 nitrogen and oxygen atoms in total. The molecule has 0 aromatic heterocycles. The Hall–Kier alpha value is -0.820. The number of hydrogen-bond acceptors (Lipinski definition) is 1. The number of rotatable bonds is 1. The average Bonchev–Trinajstić information content (AvgIpc) is 2.05. The molecule has 1 rings (SSSR count). The highest BCUT2D eigenvalue weighted by Gasteiger charge is 1.98. The molecular formula is C9H5IO. The molecule has 0 atom stereocenters. The van der Waals surface area contributed by atoms with E-state index in [2.05, 4.69) is 28.5 Å². The van der Waals surface area contributed by atoms with Gasteiger partial charge in [-0.15, -0.1) is 6.42 Å². The van der Waals surface area contributed by atoms with Crippen molar-refractivity contribution in [1.82, 2.24) is 0 Å². The monoisotopic (exact) mass is 256 g/mol. The number of halogens is 1. The predicted octanol–water partition coefficient (Wildman–Crippen LogP) is 2.11. The summed E-state index contributed by atoms with van der Waals surface area (Å²) >= 11 is 2.17. The van der Waals surface area contributed by atoms with Gasteiger partial charge in [0.2, 0.25) is 5.78 Å². The summed E-state index contributed by atoms with van der Waals surface area (Å²) in [5.74, 6) is 1.80. The molecule has 2 heteroatoms. The zero-order chi connectivity index (χ0) is 8.27. The van der Waals surface area contributed by atoms with Crippen LogP contribution in [0.15, 0.2) is 24.3 Å². The lowest BCUT2D eigenvalue weighted by Crippen LogP contribution is -1.93. The predicted molar refractivity (Wildman–Crippen MR) is 52.3 cm³/mol. The van der Waals surface area contributed by atoms with Crippen molar-refractivity contribution in [2.45, 2.75) is 0 Å². The van der Waals surface area contributed by atoms with Gasteiger partial charge in [0.15, 0.2) is 0 Å². The molecule has 0 aliphatic heterocycles. The Morgan fingerprint density at radius 3 is 2.36 bits per heavy atom. The Morgan fingerprint density at radius 1 is 1.36 bits per heavy atom. The van der Waals surface area contributed by atoms with Gasteiger partial charge in [-0.2, -0.15) is 0 Å². The van der Waals surface area contributed by atoms with Crippen molar-refractivity contribution in [3.8, 4) is 12.3 Å². The van der Waals surface area contributed by atoms with E-state index in [4.69, 9.17) is 6.42 Å². The third kappa shape index (κ3) is 2.05. The molecular weight excluding hydrogens is 251 g/mol. The van der Waals surface area contributed by atoms with Gasteiger partial charge in [-0.05, 0) is 52.8 Å². The Bertz CT molecular complexity index is 305. The van der Waals surface area contributed by atoms with E-state index in [0.717, 1.165) is 3.57 Å². The second-order valence-electron chi connectivity index (χ2n) is 1.98. The molecule has 0 saturated carbocycles. The van der Waals surface area contributed by atoms with Crippen LogP contribution < -0.4 is 0 Å². The minimum atomic E-state index is -0.263. The zero-order valence-electron chi connectivity index (χ0n) is 5.67. The molecule has 1 aromatic carbocycles. The molecule has 0 bridgehead atoms. The van der Waals surface area contributed by atoms with Crippen molar-refractivity contribution in [2.24, 2.45) is 0 Å². The lowest BCUT2D eigenvalue weighted by Gasteiger charge is -1.92. The summed E-state index contributed by atoms with van der Waals surface area (Å²) in [6.07, 6.45) is 4.94. The van der Waals surface area contributed by atoms with Gasteiger partial charge >= 0.3 is 0 Å². The van der Waals surface area contributed by atoms with E-state index in [0.29, 0.717) is 5.56 Å². The van der Waals surface area contributed by atoms with E-state index in [-0.39, 0.29) is 5.78 Å². The highest BCUT2D eigenvalue weighted by atomic mass is 127. The quantitative estimate of drug-likeness (QED) is 0.325. The van der Waals surface area contributed by atoms with Crippen molar-refractivity contribution in [3.63, 3.8) is 0 Å². The van der Waals surface area contributed by atoms with Gasteiger partial charge in [0, 0.05) is 9.13 Å². The minimum absolute atomic E-state index is 0.263. The minimum Gasteiger partial charge on any atom is -0.279 e. The van der Waals surface area contributed by atoms with Crippen LogP contribution in [0.25, 0.3) is 0 Å². The second kappa shape index (κ2) is 3.54. The van der Waals surface area contributed by atoms with Crippen molar-refractivity contribution >= 4 is 28.4 Å². The first-order valence-corrected chi connectivity index (χ1v) is 4.08. The first-order chi connectivity index (χ1) is 5.24. The molecule has 0 unspecified atom stereocenters. The van der Waals surface area contributed by atoms with Crippen LogP contribution in [0.4, 0.5) is 0 Å². The summed E-state index contributed by atoms with van der Waals surface area (Å²) < 4.78 is 1.09. The Morgan fingerprint density at radius 2 is 1.91 bits per heavy atom. The van der Waals surface area contributed by atoms with Gasteiger partial charge in [-0.3, -0.25) is 4.79 Å². The summed E-state index contributed by atoms with van der Waals surface area (Å²) in [5, 5.41) is 0. The highest BCUT2D eigenvalue weighted by molar-refractivity contribution is 14.1. The molecule has 0 radical (unpaired) electrons. The fourth-order valence-corrected chi connectivity index (χ4v) is 1.04. The molecule has 54 valence electrons. The topological polar surface area (TPSA) is 17.1 Å². The molecule has 0 aliphatic carbocycles. The van der Waals surface area contributed by atoms with Crippen LogP contribution >= 0.6 is 22.6 Å². The largest absolute Gasteiger partial charge is 0.279 e. The van der Waals surface area contributed by atoms with Crippen molar-refractivity contribution < 1.29 is 4.79 Å². The maximum absolute atomic E-state index is 10.9. The maximum atomic E-state index is 10.9. The van der Waals surface area contributed by atoms with Crippen LogP contribution in [-0.4, -0.2) is 5.78 Å². The van der Waals surface area contributed by atoms with E-state index >= 15 is 0 Å². The van der Waals surface area contributed by atoms with Crippen LogP contribution in [0.5, 0.6) is 0 Å². The molecule has 0 saturated heterocycles. The summed E-state index contributed by atoms with van der Waals surface area (Å²) in [6, 6.07) is 7.16. The van der Waals surface area contributed by atoms with Gasteiger partial charge in [0.1, 0.15) is 0 Å². The lowest BCUT2D eigenvalue weighted by molar-refractivity contribution is 0.105. The molecule has 0 spiro atoms. The third-order valence-electron chi connectivity index (χ3n) is 1.24. The molecule has 0 N–H and O–H groups in total. The van der Waals surface area contributed by atoms with E-state index in [1.165, 1.54) is 0 Å². The van der Waals surface area contributed by atoms with Gasteiger partial charge in [0.05, 0.1) is 0 Å². The van der Waals surface area contributed by atoms with E-state index in [9.17, 15) is 4.79 Å². The van der Waals surface area contributed by atoms with E-state index in [1.807, 2.05) is 12.1 Å². The first-order valence-electron chi connectivity index (χ1n) is 3.00. The fraction of sp³-hybridized carbons (Fsp3) is 0. The summed E-state index contributed by atoms with van der Waals surface area (Å²) in [4.78, 5) is 10.9. The number of carbonyl (C=O) groups is 1. The number of Topliss-reactive ketones (excluding diaryl/α,β-unsaturated/α-hetero) is 1. The smallest absolute Gasteiger partial charge is 0.235 e. The van der Waals surface area contributed by atoms with Crippen molar-refractivity contribution in [1.29, 1.82) is 0 Å². The number of hydrogen-bond donors (Lipinski definition) is 0. The molecule has 0 aliphatic rings. The zero-order valence-corrected chi connectivity index (χ0v) is 7.83. The van der Waals surface area contributed by atoms with Crippen LogP contribution in [0, 0.1) is 15.9 Å². The lowest BCUT2D eigenvalue weighted by atomic mass is 10.1. The second-order valence-corrected chi connectivity index (χ2v) is 3.23. The standard InChI is InChI=1S/C9H5IO/c1-2-9(11)7-3-5-8(10)6-4-7/h1,3-6H. The van der Waals surface area contributed by atoms with Crippen LogP contribution in [0.1, 0.15) is 10.4 Å². The Labute approximate surface area is 78.9 Å². The van der Waals surface area contributed by atoms with E-state index < -0.39 is 0 Å². The molecule has 0 fully saturated rings. The molecule has 0 amide bonds. The molecule has 0 heterocycles. The number of ketones is 1. The van der Waals surface area contributed by atoms with Gasteiger partial charge in [-0.1, -0.05) is 0 Å². The first kappa shape index (κ1) is 8.28. The van der Waals surface area contributed by atoms with Crippen molar-refractivity contribution in [2.75, 3.05) is 0 Å². The van der Waals surface area contributed by atoms with Crippen LogP contribution in [0.2, 0.25) is 0 Å². The van der Waals surface area contributed by atoms with Crippen LogP contribution in [-0.2, 0) is 0 Å². The number of benzene rings is 1. The summed E-state index contributed by atoms with van der Waals surface area (Å²) in [5.41, 5.74) is 0.577. The number of carbonyl (C=O) groups excluding carboxylic acids is 1. The van der Waals surface area contributed by atoms with Gasteiger partial charge in [0.25, 0.3) is 0 Å². The van der Waals surface area contributed by atoms with Gasteiger partial charge < -0.3 is 0 Å². The number of terminal acetylenes is 1. The van der Waals surface area contributed by atoms with Crippen LogP contribution in [0.3, 0.4) is 0 Å². The Balaban J connectivity index is 3.01. The van der Waals surface area contributed by atoms with E-state index in [1.54, 1.807) is 12.1 Å². The summed E-state index contributed by atoms with van der Waals surface area (Å²) in [7, 11) is 0. The third-order valence-corrected chi connectivity index (χ3v) is 1.96. The fourth-order valence-electron chi connectivity index (χ4n) is 0.685. The SMILES string of the molecule is C#CC(=O)c1ccc(I)cc1. The molecule has 11 heavy (non-hydrogen) atoms. The van der Waals surface area contributed by atoms with Crippen molar-refractivity contribution in [3.05, 3.63) is 33.4 Å². The highest BCUT2D eigenvalue weighted by Crippen LogP contribution is 2.06. The normalized spacial score (nSPS) is 8.73. The molecule has 1 aromatic rings. The maximum Gasteiger partial charge on any atom is 0.235 e. The van der Waals surface area contributed by atoms with Gasteiger partial charge in [-0.25, -0.2) is 0 Å².